The van der Waals surface area contributed by atoms with Crippen molar-refractivity contribution in [2.45, 2.75) is 18.5 Å². The van der Waals surface area contributed by atoms with Crippen molar-refractivity contribution in [2.24, 2.45) is 0 Å². The fourth-order valence-electron chi connectivity index (χ4n) is 1.13. The second-order valence-electron chi connectivity index (χ2n) is 3.37. The van der Waals surface area contributed by atoms with E-state index in [0.717, 1.165) is 5.69 Å². The molecule has 2 rings (SSSR count). The van der Waals surface area contributed by atoms with Crippen LogP contribution in [-0.2, 0) is 0 Å². The van der Waals surface area contributed by atoms with Gasteiger partial charge in [0, 0.05) is 12.2 Å². The molecule has 1 N–H and O–H groups in total. The highest BCUT2D eigenvalue weighted by atomic mass is 19.1. The predicted octanol–water partition coefficient (Wildman–Crippen LogP) is 2.60. The lowest BCUT2D eigenvalue weighted by molar-refractivity contribution is 0.326. The highest BCUT2D eigenvalue weighted by molar-refractivity contribution is 5.43. The Labute approximate surface area is 71.6 Å². The molecule has 1 aliphatic carbocycles. The molecule has 1 fully saturated rings. The second-order valence-corrected chi connectivity index (χ2v) is 3.37. The van der Waals surface area contributed by atoms with Crippen molar-refractivity contribution >= 4 is 5.69 Å². The van der Waals surface area contributed by atoms with Crippen LogP contribution < -0.4 is 5.32 Å². The zero-order chi connectivity index (χ0) is 8.44. The minimum absolute atomic E-state index is 0.455. The van der Waals surface area contributed by atoms with Crippen LogP contribution in [-0.4, -0.2) is 12.2 Å². The van der Waals surface area contributed by atoms with Crippen LogP contribution in [0.25, 0.3) is 0 Å². The number of alkyl halides is 1. The second kappa shape index (κ2) is 2.77. The normalized spacial score (nSPS) is 18.8. The Kier molecular flexibility index (Phi) is 1.75. The molecule has 12 heavy (non-hydrogen) atoms. The van der Waals surface area contributed by atoms with Gasteiger partial charge in [-0.25, -0.2) is 4.39 Å². The monoisotopic (exact) mass is 165 g/mol. The minimum atomic E-state index is -0.907. The van der Waals surface area contributed by atoms with Crippen LogP contribution in [0.2, 0.25) is 0 Å². The molecule has 1 aromatic carbocycles. The molecule has 0 heterocycles. The summed E-state index contributed by atoms with van der Waals surface area (Å²) in [7, 11) is 0. The van der Waals surface area contributed by atoms with E-state index in [9.17, 15) is 4.39 Å². The molecular weight excluding hydrogens is 153 g/mol. The lowest BCUT2D eigenvalue weighted by Gasteiger charge is -2.07. The highest BCUT2D eigenvalue weighted by Crippen LogP contribution is 2.39. The molecule has 0 aromatic heterocycles. The maximum Gasteiger partial charge on any atom is 0.128 e. The lowest BCUT2D eigenvalue weighted by Crippen LogP contribution is -2.15. The average Bonchev–Trinajstić information content (AvgIpc) is 2.84. The van der Waals surface area contributed by atoms with E-state index < -0.39 is 5.67 Å². The average molecular weight is 165 g/mol. The van der Waals surface area contributed by atoms with E-state index in [1.807, 2.05) is 30.3 Å². The summed E-state index contributed by atoms with van der Waals surface area (Å²) in [6, 6.07) is 9.74. The van der Waals surface area contributed by atoms with E-state index in [2.05, 4.69) is 5.32 Å². The quantitative estimate of drug-likeness (QED) is 0.725. The van der Waals surface area contributed by atoms with Crippen molar-refractivity contribution in [3.05, 3.63) is 30.3 Å². The summed E-state index contributed by atoms with van der Waals surface area (Å²) in [6.07, 6.45) is 1.43. The number of rotatable bonds is 3. The number of para-hydroxylation sites is 1. The van der Waals surface area contributed by atoms with E-state index in [1.54, 1.807) is 0 Å². The van der Waals surface area contributed by atoms with Crippen molar-refractivity contribution in [1.29, 1.82) is 0 Å². The van der Waals surface area contributed by atoms with Crippen molar-refractivity contribution in [1.82, 2.24) is 0 Å². The van der Waals surface area contributed by atoms with E-state index in [-0.39, 0.29) is 0 Å². The molecule has 1 nitrogen and oxygen atoms in total. The molecule has 1 saturated carbocycles. The summed E-state index contributed by atoms with van der Waals surface area (Å²) in [4.78, 5) is 0. The fraction of sp³-hybridized carbons (Fsp3) is 0.400. The summed E-state index contributed by atoms with van der Waals surface area (Å²) in [5.74, 6) is 0. The topological polar surface area (TPSA) is 12.0 Å². The molecule has 2 heteroatoms. The molecule has 0 radical (unpaired) electrons. The Hall–Kier alpha value is -1.05. The summed E-state index contributed by atoms with van der Waals surface area (Å²) < 4.78 is 13.1. The number of halogens is 1. The first-order chi connectivity index (χ1) is 5.79. The molecule has 0 amide bonds. The van der Waals surface area contributed by atoms with Gasteiger partial charge >= 0.3 is 0 Å². The third-order valence-electron chi connectivity index (χ3n) is 2.18. The van der Waals surface area contributed by atoms with Crippen LogP contribution in [0.1, 0.15) is 12.8 Å². The zero-order valence-corrected chi connectivity index (χ0v) is 6.89. The third kappa shape index (κ3) is 1.76. The van der Waals surface area contributed by atoms with Gasteiger partial charge in [0.15, 0.2) is 0 Å². The van der Waals surface area contributed by atoms with Crippen molar-refractivity contribution < 1.29 is 4.39 Å². The molecule has 0 bridgehead atoms. The van der Waals surface area contributed by atoms with Crippen molar-refractivity contribution in [3.63, 3.8) is 0 Å². The Bertz CT molecular complexity index is 254. The first-order valence-electron chi connectivity index (χ1n) is 4.26. The zero-order valence-electron chi connectivity index (χ0n) is 6.89. The van der Waals surface area contributed by atoms with Crippen LogP contribution in [0.5, 0.6) is 0 Å². The van der Waals surface area contributed by atoms with Gasteiger partial charge in [0.1, 0.15) is 5.67 Å². The Morgan fingerprint density at radius 1 is 1.25 bits per heavy atom. The molecule has 0 unspecified atom stereocenters. The van der Waals surface area contributed by atoms with Crippen molar-refractivity contribution in [2.75, 3.05) is 11.9 Å². The standard InChI is InChI=1S/C10H12FN/c11-10(6-7-10)8-12-9-4-2-1-3-5-9/h1-5,12H,6-8H2. The maximum absolute atomic E-state index is 13.1. The molecule has 64 valence electrons. The van der Waals surface area contributed by atoms with E-state index in [4.69, 9.17) is 0 Å². The van der Waals surface area contributed by atoms with Gasteiger partial charge in [0.25, 0.3) is 0 Å². The number of nitrogens with one attached hydrogen (secondary N) is 1. The summed E-state index contributed by atoms with van der Waals surface area (Å²) in [6.45, 7) is 0.455. The molecule has 0 spiro atoms. The summed E-state index contributed by atoms with van der Waals surface area (Å²) >= 11 is 0. The van der Waals surface area contributed by atoms with Crippen LogP contribution >= 0.6 is 0 Å². The SMILES string of the molecule is FC1(CNc2ccccc2)CC1. The Balaban J connectivity index is 1.88. The number of benzene rings is 1. The molecule has 1 aromatic rings. The minimum Gasteiger partial charge on any atom is -0.382 e. The van der Waals surface area contributed by atoms with Gasteiger partial charge in [-0.15, -0.1) is 0 Å². The van der Waals surface area contributed by atoms with Gasteiger partial charge < -0.3 is 5.32 Å². The van der Waals surface area contributed by atoms with Gasteiger partial charge in [-0.2, -0.15) is 0 Å². The predicted molar refractivity (Wildman–Crippen MR) is 48.0 cm³/mol. The third-order valence-corrected chi connectivity index (χ3v) is 2.18. The largest absolute Gasteiger partial charge is 0.382 e. The van der Waals surface area contributed by atoms with Gasteiger partial charge in [-0.1, -0.05) is 18.2 Å². The molecule has 0 aliphatic heterocycles. The smallest absolute Gasteiger partial charge is 0.128 e. The van der Waals surface area contributed by atoms with E-state index in [1.165, 1.54) is 0 Å². The molecule has 1 aliphatic rings. The van der Waals surface area contributed by atoms with Crippen LogP contribution in [0, 0.1) is 0 Å². The van der Waals surface area contributed by atoms with Gasteiger partial charge in [-0.05, 0) is 25.0 Å². The van der Waals surface area contributed by atoms with E-state index >= 15 is 0 Å². The first-order valence-corrected chi connectivity index (χ1v) is 4.26. The number of hydrogen-bond donors (Lipinski definition) is 1. The van der Waals surface area contributed by atoms with Crippen LogP contribution in [0.4, 0.5) is 10.1 Å². The molecule has 0 saturated heterocycles. The van der Waals surface area contributed by atoms with Crippen molar-refractivity contribution in [3.8, 4) is 0 Å². The molecule has 0 atom stereocenters. The maximum atomic E-state index is 13.1. The van der Waals surface area contributed by atoms with Crippen LogP contribution in [0.15, 0.2) is 30.3 Å². The van der Waals surface area contributed by atoms with Gasteiger partial charge in [0.05, 0.1) is 0 Å². The lowest BCUT2D eigenvalue weighted by atomic mass is 10.3. The van der Waals surface area contributed by atoms with E-state index in [0.29, 0.717) is 19.4 Å². The van der Waals surface area contributed by atoms with Crippen LogP contribution in [0.3, 0.4) is 0 Å². The number of anilines is 1. The number of hydrogen-bond acceptors (Lipinski definition) is 1. The van der Waals surface area contributed by atoms with Gasteiger partial charge in [-0.3, -0.25) is 0 Å². The van der Waals surface area contributed by atoms with Gasteiger partial charge in [0.2, 0.25) is 0 Å². The first kappa shape index (κ1) is 7.59. The highest BCUT2D eigenvalue weighted by Gasteiger charge is 2.42. The fourth-order valence-corrected chi connectivity index (χ4v) is 1.13. The Morgan fingerprint density at radius 3 is 2.50 bits per heavy atom. The summed E-state index contributed by atoms with van der Waals surface area (Å²) in [5, 5.41) is 3.07. The Morgan fingerprint density at radius 2 is 1.92 bits per heavy atom. The summed E-state index contributed by atoms with van der Waals surface area (Å²) in [5.41, 5.74) is 0.0944. The molecular formula is C10H12FN.